The molecule has 2 nitrogen and oxygen atoms in total. The van der Waals surface area contributed by atoms with E-state index in [4.69, 9.17) is 0 Å². The Hall–Kier alpha value is -1.73. The van der Waals surface area contributed by atoms with Crippen LogP contribution >= 0.6 is 0 Å². The molecule has 1 unspecified atom stereocenters. The molecule has 0 radical (unpaired) electrons. The fraction of sp³-hybridized carbons (Fsp3) is 0.462. The molecule has 0 saturated carbocycles. The molecular weight excluding hydrogens is 300 g/mol. The second-order valence-corrected chi connectivity index (χ2v) is 4.73. The first-order chi connectivity index (χ1) is 9.41. The van der Waals surface area contributed by atoms with E-state index in [0.717, 1.165) is 0 Å². The molecule has 0 aliphatic heterocycles. The van der Waals surface area contributed by atoms with Crippen LogP contribution in [0.2, 0.25) is 0 Å². The van der Waals surface area contributed by atoms with Gasteiger partial charge >= 0.3 is 12.4 Å². The first kappa shape index (κ1) is 17.3. The first-order valence-corrected chi connectivity index (χ1v) is 5.90. The lowest BCUT2D eigenvalue weighted by atomic mass is 9.87. The maximum absolute atomic E-state index is 12.7. The van der Waals surface area contributed by atoms with Crippen LogP contribution < -0.4 is 5.32 Å². The highest BCUT2D eigenvalue weighted by Gasteiger charge is 2.72. The van der Waals surface area contributed by atoms with Crippen molar-refractivity contribution in [3.8, 4) is 0 Å². The molecular formula is C13H13F6NO. The van der Waals surface area contributed by atoms with Gasteiger partial charge in [0.25, 0.3) is 0 Å². The standard InChI is InChI=1S/C13H13F6NO/c1-8(9-6-4-3-5-7-9)20-10(21)11(2,12(14,15)16)13(17,18)19/h3-8H,1-2H3,(H,20,21). The third kappa shape index (κ3) is 3.30. The number of carbonyl (C=O) groups excluding carboxylic acids is 1. The van der Waals surface area contributed by atoms with Crippen molar-refractivity contribution in [1.82, 2.24) is 5.32 Å². The molecule has 1 atom stereocenters. The summed E-state index contributed by atoms with van der Waals surface area (Å²) in [6.45, 7) is 1.14. The lowest BCUT2D eigenvalue weighted by Crippen LogP contribution is -2.57. The van der Waals surface area contributed by atoms with Crippen LogP contribution in [0.3, 0.4) is 0 Å². The molecule has 1 aromatic carbocycles. The largest absolute Gasteiger partial charge is 0.411 e. The van der Waals surface area contributed by atoms with Crippen LogP contribution in [0.15, 0.2) is 30.3 Å². The van der Waals surface area contributed by atoms with Gasteiger partial charge in [0.2, 0.25) is 11.3 Å². The third-order valence-electron chi connectivity index (χ3n) is 3.24. The number of rotatable bonds is 3. The minimum absolute atomic E-state index is 0.167. The normalized spacial score (nSPS) is 14.7. The van der Waals surface area contributed by atoms with Crippen LogP contribution in [-0.2, 0) is 4.79 Å². The van der Waals surface area contributed by atoms with Gasteiger partial charge < -0.3 is 5.32 Å². The molecule has 1 amide bonds. The maximum Gasteiger partial charge on any atom is 0.411 e. The van der Waals surface area contributed by atoms with Crippen molar-refractivity contribution in [3.05, 3.63) is 35.9 Å². The summed E-state index contributed by atoms with van der Waals surface area (Å²) in [4.78, 5) is 11.6. The molecule has 0 bridgehead atoms. The van der Waals surface area contributed by atoms with Gasteiger partial charge in [0.05, 0.1) is 6.04 Å². The number of amides is 1. The van der Waals surface area contributed by atoms with Gasteiger partial charge in [0.15, 0.2) is 0 Å². The average molecular weight is 313 g/mol. The summed E-state index contributed by atoms with van der Waals surface area (Å²) >= 11 is 0. The number of benzene rings is 1. The summed E-state index contributed by atoms with van der Waals surface area (Å²) in [6.07, 6.45) is -11.5. The molecule has 8 heteroatoms. The Kier molecular flexibility index (Phi) is 4.60. The number of nitrogens with one attached hydrogen (secondary N) is 1. The zero-order chi connectivity index (χ0) is 16.5. The maximum atomic E-state index is 12.7. The fourth-order valence-corrected chi connectivity index (χ4v) is 1.58. The molecule has 118 valence electrons. The molecule has 1 rings (SSSR count). The molecule has 0 aliphatic rings. The summed E-state index contributed by atoms with van der Waals surface area (Å²) in [7, 11) is 0. The van der Waals surface area contributed by atoms with Gasteiger partial charge in [0.1, 0.15) is 0 Å². The number of carbonyl (C=O) groups is 1. The molecule has 1 aromatic rings. The van der Waals surface area contributed by atoms with Crippen molar-refractivity contribution in [2.75, 3.05) is 0 Å². The zero-order valence-corrected chi connectivity index (χ0v) is 11.1. The summed E-state index contributed by atoms with van der Waals surface area (Å²) in [6, 6.07) is 6.75. The van der Waals surface area contributed by atoms with E-state index in [1.54, 1.807) is 23.5 Å². The molecule has 0 spiro atoms. The van der Waals surface area contributed by atoms with E-state index in [0.29, 0.717) is 5.56 Å². The quantitative estimate of drug-likeness (QED) is 0.840. The van der Waals surface area contributed by atoms with Crippen molar-refractivity contribution in [1.29, 1.82) is 0 Å². The lowest BCUT2D eigenvalue weighted by molar-refractivity contribution is -0.319. The van der Waals surface area contributed by atoms with Crippen molar-refractivity contribution in [2.45, 2.75) is 32.2 Å². The van der Waals surface area contributed by atoms with E-state index in [2.05, 4.69) is 0 Å². The smallest absolute Gasteiger partial charge is 0.349 e. The summed E-state index contributed by atoms with van der Waals surface area (Å²) < 4.78 is 76.3. The highest BCUT2D eigenvalue weighted by Crippen LogP contribution is 2.50. The Bertz CT molecular complexity index is 480. The third-order valence-corrected chi connectivity index (χ3v) is 3.24. The number of hydrogen-bond acceptors (Lipinski definition) is 1. The summed E-state index contributed by atoms with van der Waals surface area (Å²) in [5, 5.41) is 1.77. The molecule has 0 saturated heterocycles. The molecule has 0 aromatic heterocycles. The van der Waals surface area contributed by atoms with Crippen molar-refractivity contribution in [2.24, 2.45) is 5.41 Å². The van der Waals surface area contributed by atoms with Gasteiger partial charge in [-0.15, -0.1) is 0 Å². The Morgan fingerprint density at radius 3 is 1.81 bits per heavy atom. The molecule has 0 aliphatic carbocycles. The monoisotopic (exact) mass is 313 g/mol. The number of alkyl halides is 6. The second kappa shape index (κ2) is 5.57. The summed E-state index contributed by atoms with van der Waals surface area (Å²) in [5.41, 5.74) is -4.05. The SMILES string of the molecule is CC(NC(=O)C(C)(C(F)(F)F)C(F)(F)F)c1ccccc1. The molecule has 1 N–H and O–H groups in total. The minimum atomic E-state index is -5.74. The Labute approximate surface area is 117 Å². The topological polar surface area (TPSA) is 29.1 Å². The lowest BCUT2D eigenvalue weighted by Gasteiger charge is -2.33. The van der Waals surface area contributed by atoms with Crippen LogP contribution in [0, 0.1) is 5.41 Å². The average Bonchev–Trinajstić information content (AvgIpc) is 2.35. The van der Waals surface area contributed by atoms with Crippen LogP contribution in [0.4, 0.5) is 26.3 Å². The molecule has 21 heavy (non-hydrogen) atoms. The van der Waals surface area contributed by atoms with Gasteiger partial charge in [-0.25, -0.2) is 0 Å². The minimum Gasteiger partial charge on any atom is -0.349 e. The van der Waals surface area contributed by atoms with Gasteiger partial charge in [-0.2, -0.15) is 26.3 Å². The van der Waals surface area contributed by atoms with Crippen LogP contribution in [0.1, 0.15) is 25.5 Å². The predicted molar refractivity (Wildman–Crippen MR) is 63.2 cm³/mol. The van der Waals surface area contributed by atoms with E-state index >= 15 is 0 Å². The van der Waals surface area contributed by atoms with Crippen molar-refractivity contribution >= 4 is 5.91 Å². The van der Waals surface area contributed by atoms with E-state index < -0.39 is 29.7 Å². The number of halogens is 6. The Morgan fingerprint density at radius 2 is 1.43 bits per heavy atom. The highest BCUT2D eigenvalue weighted by molar-refractivity contribution is 5.84. The van der Waals surface area contributed by atoms with Crippen LogP contribution in [0.5, 0.6) is 0 Å². The van der Waals surface area contributed by atoms with Crippen molar-refractivity contribution < 1.29 is 31.1 Å². The molecule has 0 fully saturated rings. The highest BCUT2D eigenvalue weighted by atomic mass is 19.4. The first-order valence-electron chi connectivity index (χ1n) is 5.90. The summed E-state index contributed by atoms with van der Waals surface area (Å²) in [5.74, 6) is -2.13. The second-order valence-electron chi connectivity index (χ2n) is 4.73. The van der Waals surface area contributed by atoms with E-state index in [-0.39, 0.29) is 6.92 Å². The predicted octanol–water partition coefficient (Wildman–Crippen LogP) is 3.99. The zero-order valence-electron chi connectivity index (χ0n) is 11.1. The van der Waals surface area contributed by atoms with E-state index in [1.165, 1.54) is 19.1 Å². The van der Waals surface area contributed by atoms with E-state index in [1.807, 2.05) is 0 Å². The van der Waals surface area contributed by atoms with Gasteiger partial charge in [-0.3, -0.25) is 4.79 Å². The fourth-order valence-electron chi connectivity index (χ4n) is 1.58. The van der Waals surface area contributed by atoms with Crippen LogP contribution in [0.25, 0.3) is 0 Å². The Morgan fingerprint density at radius 1 is 1.00 bits per heavy atom. The molecule has 0 heterocycles. The van der Waals surface area contributed by atoms with Crippen molar-refractivity contribution in [3.63, 3.8) is 0 Å². The van der Waals surface area contributed by atoms with Gasteiger partial charge in [-0.05, 0) is 19.4 Å². The van der Waals surface area contributed by atoms with Gasteiger partial charge in [0, 0.05) is 0 Å². The van der Waals surface area contributed by atoms with Crippen LogP contribution in [-0.4, -0.2) is 18.3 Å². The van der Waals surface area contributed by atoms with E-state index in [9.17, 15) is 31.1 Å². The van der Waals surface area contributed by atoms with Gasteiger partial charge in [-0.1, -0.05) is 30.3 Å². The number of hydrogen-bond donors (Lipinski definition) is 1. The Balaban J connectivity index is 3.05.